The summed E-state index contributed by atoms with van der Waals surface area (Å²) < 4.78 is 0. The van der Waals surface area contributed by atoms with E-state index in [4.69, 9.17) is 10.2 Å². The van der Waals surface area contributed by atoms with Crippen molar-refractivity contribution in [1.29, 1.82) is 0 Å². The molecule has 0 saturated heterocycles. The average Bonchev–Trinajstić information content (AvgIpc) is 2.17. The lowest BCUT2D eigenvalue weighted by molar-refractivity contribution is -0.146. The Morgan fingerprint density at radius 1 is 1.38 bits per heavy atom. The molecule has 0 spiro atoms. The van der Waals surface area contributed by atoms with E-state index in [2.05, 4.69) is 15.9 Å². The minimum Gasteiger partial charge on any atom is -0.479 e. The molecule has 0 heterocycles. The van der Waals surface area contributed by atoms with Crippen molar-refractivity contribution in [3.63, 3.8) is 0 Å². The van der Waals surface area contributed by atoms with Gasteiger partial charge in [0.1, 0.15) is 0 Å². The van der Waals surface area contributed by atoms with Gasteiger partial charge >= 0.3 is 5.97 Å². The third kappa shape index (κ3) is 2.54. The average molecular weight is 245 g/mol. The largest absolute Gasteiger partial charge is 0.479 e. The van der Waals surface area contributed by atoms with Crippen LogP contribution in [0.2, 0.25) is 0 Å². The molecular weight excluding hydrogens is 236 g/mol. The van der Waals surface area contributed by atoms with E-state index in [0.29, 0.717) is 5.56 Å². The van der Waals surface area contributed by atoms with Crippen molar-refractivity contribution in [3.05, 3.63) is 35.4 Å². The van der Waals surface area contributed by atoms with Gasteiger partial charge in [0.25, 0.3) is 0 Å². The summed E-state index contributed by atoms with van der Waals surface area (Å²) in [4.78, 5) is 10.4. The molecule has 3 nitrogen and oxygen atoms in total. The van der Waals surface area contributed by atoms with Crippen LogP contribution in [0.5, 0.6) is 0 Å². The zero-order valence-electron chi connectivity index (χ0n) is 6.77. The molecule has 1 aromatic carbocycles. The van der Waals surface area contributed by atoms with E-state index in [1.54, 1.807) is 24.3 Å². The van der Waals surface area contributed by atoms with E-state index >= 15 is 0 Å². The lowest BCUT2D eigenvalue weighted by Crippen LogP contribution is -2.10. The zero-order chi connectivity index (χ0) is 9.84. The minimum absolute atomic E-state index is 0.400. The number of halogens is 1. The smallest absolute Gasteiger partial charge is 0.337 e. The second-order valence-corrected chi connectivity index (χ2v) is 3.18. The number of benzene rings is 1. The number of carboxylic acids is 1. The molecule has 1 aromatic rings. The molecule has 0 aliphatic rings. The van der Waals surface area contributed by atoms with Crippen LogP contribution in [0.4, 0.5) is 0 Å². The molecule has 0 saturated carbocycles. The summed E-state index contributed by atoms with van der Waals surface area (Å²) in [6.45, 7) is 0. The topological polar surface area (TPSA) is 57.5 Å². The fourth-order valence-electron chi connectivity index (χ4n) is 0.932. The summed E-state index contributed by atoms with van der Waals surface area (Å²) in [6.07, 6.45) is -1.43. The van der Waals surface area contributed by atoms with Crippen molar-refractivity contribution in [2.24, 2.45) is 0 Å². The van der Waals surface area contributed by atoms with Crippen LogP contribution in [0.1, 0.15) is 17.2 Å². The molecule has 0 radical (unpaired) electrons. The normalized spacial score (nSPS) is 12.5. The van der Waals surface area contributed by atoms with Crippen LogP contribution in [0.15, 0.2) is 24.3 Å². The standard InChI is InChI=1S/C9H9BrO3/c10-5-6-1-3-7(4-2-6)8(11)9(12)13/h1-4,8,11H,5H2,(H,12,13)/t8-/m0/s1. The summed E-state index contributed by atoms with van der Waals surface area (Å²) in [5.74, 6) is -1.23. The van der Waals surface area contributed by atoms with Crippen LogP contribution in [0.3, 0.4) is 0 Å². The van der Waals surface area contributed by atoms with Gasteiger partial charge in [0.05, 0.1) is 0 Å². The predicted molar refractivity (Wildman–Crippen MR) is 51.7 cm³/mol. The SMILES string of the molecule is O=C(O)[C@@H](O)c1ccc(CBr)cc1. The van der Waals surface area contributed by atoms with Crippen molar-refractivity contribution in [2.75, 3.05) is 0 Å². The molecule has 0 aliphatic heterocycles. The molecule has 0 fully saturated rings. The molecule has 4 heteroatoms. The number of alkyl halides is 1. The van der Waals surface area contributed by atoms with Gasteiger partial charge in [0, 0.05) is 5.33 Å². The highest BCUT2D eigenvalue weighted by Gasteiger charge is 2.14. The quantitative estimate of drug-likeness (QED) is 0.797. The highest BCUT2D eigenvalue weighted by Crippen LogP contribution is 2.14. The maximum atomic E-state index is 10.4. The number of hydrogen-bond acceptors (Lipinski definition) is 2. The first-order valence-electron chi connectivity index (χ1n) is 3.71. The first kappa shape index (κ1) is 10.2. The van der Waals surface area contributed by atoms with Crippen LogP contribution in [-0.2, 0) is 10.1 Å². The number of carboxylic acid groups (broad SMARTS) is 1. The zero-order valence-corrected chi connectivity index (χ0v) is 8.36. The highest BCUT2D eigenvalue weighted by atomic mass is 79.9. The number of carbonyl (C=O) groups is 1. The van der Waals surface area contributed by atoms with Gasteiger partial charge in [0.15, 0.2) is 6.10 Å². The Kier molecular flexibility index (Phi) is 3.45. The highest BCUT2D eigenvalue weighted by molar-refractivity contribution is 9.08. The van der Waals surface area contributed by atoms with Crippen LogP contribution in [0, 0.1) is 0 Å². The van der Waals surface area contributed by atoms with Gasteiger partial charge < -0.3 is 10.2 Å². The Bertz CT molecular complexity index is 294. The van der Waals surface area contributed by atoms with Gasteiger partial charge in [0.2, 0.25) is 0 Å². The van der Waals surface area contributed by atoms with E-state index in [1.807, 2.05) is 0 Å². The van der Waals surface area contributed by atoms with Crippen LogP contribution >= 0.6 is 15.9 Å². The Morgan fingerprint density at radius 3 is 2.31 bits per heavy atom. The Labute approximate surface area is 84.1 Å². The summed E-state index contributed by atoms with van der Waals surface area (Å²) in [5, 5.41) is 18.4. The van der Waals surface area contributed by atoms with E-state index in [-0.39, 0.29) is 0 Å². The Morgan fingerprint density at radius 2 is 1.92 bits per heavy atom. The van der Waals surface area contributed by atoms with Crippen LogP contribution in [-0.4, -0.2) is 16.2 Å². The maximum Gasteiger partial charge on any atom is 0.337 e. The molecular formula is C9H9BrO3. The molecule has 0 bridgehead atoms. The van der Waals surface area contributed by atoms with Gasteiger partial charge in [-0.1, -0.05) is 40.2 Å². The molecule has 1 atom stereocenters. The predicted octanol–water partition coefficient (Wildman–Crippen LogP) is 1.70. The van der Waals surface area contributed by atoms with Gasteiger partial charge in [-0.25, -0.2) is 4.79 Å². The molecule has 70 valence electrons. The van der Waals surface area contributed by atoms with Gasteiger partial charge in [-0.15, -0.1) is 0 Å². The number of aliphatic hydroxyl groups is 1. The number of rotatable bonds is 3. The second-order valence-electron chi connectivity index (χ2n) is 2.62. The number of hydrogen-bond donors (Lipinski definition) is 2. The van der Waals surface area contributed by atoms with Gasteiger partial charge in [-0.3, -0.25) is 0 Å². The maximum absolute atomic E-state index is 10.4. The summed E-state index contributed by atoms with van der Waals surface area (Å²) in [5.41, 5.74) is 1.44. The van der Waals surface area contributed by atoms with E-state index in [0.717, 1.165) is 10.9 Å². The third-order valence-corrected chi connectivity index (χ3v) is 2.33. The molecule has 13 heavy (non-hydrogen) atoms. The monoisotopic (exact) mass is 244 g/mol. The Balaban J connectivity index is 2.85. The lowest BCUT2D eigenvalue weighted by atomic mass is 10.1. The number of aliphatic carboxylic acids is 1. The minimum atomic E-state index is -1.43. The molecule has 2 N–H and O–H groups in total. The van der Waals surface area contributed by atoms with Crippen LogP contribution in [0.25, 0.3) is 0 Å². The molecule has 0 aromatic heterocycles. The van der Waals surface area contributed by atoms with Crippen LogP contribution < -0.4 is 0 Å². The first-order valence-corrected chi connectivity index (χ1v) is 4.83. The summed E-state index contributed by atoms with van der Waals surface area (Å²) >= 11 is 3.27. The van der Waals surface area contributed by atoms with Crippen molar-refractivity contribution < 1.29 is 15.0 Å². The Hall–Kier alpha value is -0.870. The van der Waals surface area contributed by atoms with Gasteiger partial charge in [-0.2, -0.15) is 0 Å². The van der Waals surface area contributed by atoms with E-state index in [1.165, 1.54) is 0 Å². The third-order valence-electron chi connectivity index (χ3n) is 1.68. The van der Waals surface area contributed by atoms with Crippen molar-refractivity contribution >= 4 is 21.9 Å². The van der Waals surface area contributed by atoms with E-state index < -0.39 is 12.1 Å². The molecule has 1 rings (SSSR count). The first-order chi connectivity index (χ1) is 6.15. The van der Waals surface area contributed by atoms with Crippen molar-refractivity contribution in [1.82, 2.24) is 0 Å². The summed E-state index contributed by atoms with van der Waals surface area (Å²) in [7, 11) is 0. The fourth-order valence-corrected chi connectivity index (χ4v) is 1.31. The number of aliphatic hydroxyl groups excluding tert-OH is 1. The summed E-state index contributed by atoms with van der Waals surface area (Å²) in [6, 6.07) is 6.76. The van der Waals surface area contributed by atoms with Crippen molar-refractivity contribution in [3.8, 4) is 0 Å². The van der Waals surface area contributed by atoms with Crippen molar-refractivity contribution in [2.45, 2.75) is 11.4 Å². The molecule has 0 amide bonds. The van der Waals surface area contributed by atoms with E-state index in [9.17, 15) is 4.79 Å². The molecule has 0 aliphatic carbocycles. The lowest BCUT2D eigenvalue weighted by Gasteiger charge is -2.05. The van der Waals surface area contributed by atoms with Gasteiger partial charge in [-0.05, 0) is 11.1 Å². The second kappa shape index (κ2) is 4.39. The molecule has 0 unspecified atom stereocenters. The fraction of sp³-hybridized carbons (Fsp3) is 0.222.